The normalized spacial score (nSPS) is 12.6. The number of aromatic amines is 1. The van der Waals surface area contributed by atoms with Crippen LogP contribution in [0.5, 0.6) is 0 Å². The zero-order chi connectivity index (χ0) is 21.5. The summed E-state index contributed by atoms with van der Waals surface area (Å²) in [6.45, 7) is 9.88. The Bertz CT molecular complexity index is 1140. The van der Waals surface area contributed by atoms with Gasteiger partial charge >= 0.3 is 0 Å². The van der Waals surface area contributed by atoms with Gasteiger partial charge in [-0.1, -0.05) is 0 Å². The van der Waals surface area contributed by atoms with Gasteiger partial charge in [0.1, 0.15) is 0 Å². The molecule has 3 heterocycles. The predicted molar refractivity (Wildman–Crippen MR) is 114 cm³/mol. The molecule has 2 N–H and O–H groups in total. The van der Waals surface area contributed by atoms with Gasteiger partial charge in [-0.25, -0.2) is 4.52 Å². The molecule has 0 aliphatic heterocycles. The second kappa shape index (κ2) is 7.83. The zero-order valence-electron chi connectivity index (χ0n) is 18.2. The van der Waals surface area contributed by atoms with E-state index in [0.717, 1.165) is 33.7 Å². The fourth-order valence-corrected chi connectivity index (χ4v) is 3.75. The minimum absolute atomic E-state index is 0.0838. The van der Waals surface area contributed by atoms with Crippen LogP contribution in [0.15, 0.2) is 23.0 Å². The Labute approximate surface area is 170 Å². The molecule has 0 spiro atoms. The Balaban J connectivity index is 2.02. The summed E-state index contributed by atoms with van der Waals surface area (Å²) in [6.07, 6.45) is 0. The molecular formula is C22H29N5O2. The van der Waals surface area contributed by atoms with E-state index in [1.807, 2.05) is 64.5 Å². The molecule has 1 amide bonds. The third-order valence-corrected chi connectivity index (χ3v) is 5.53. The molecule has 0 saturated heterocycles. The Hall–Kier alpha value is -2.93. The lowest BCUT2D eigenvalue weighted by atomic mass is 10.1. The molecule has 0 fully saturated rings. The van der Waals surface area contributed by atoms with E-state index in [1.165, 1.54) is 0 Å². The number of aromatic nitrogens is 3. The third kappa shape index (κ3) is 3.82. The summed E-state index contributed by atoms with van der Waals surface area (Å²) in [5.74, 6) is -0.206. The van der Waals surface area contributed by atoms with E-state index < -0.39 is 0 Å². The summed E-state index contributed by atoms with van der Waals surface area (Å²) in [5, 5.41) is 7.59. The molecular weight excluding hydrogens is 366 g/mol. The average Bonchev–Trinajstić information content (AvgIpc) is 2.90. The Kier molecular flexibility index (Phi) is 5.61. The highest BCUT2D eigenvalue weighted by atomic mass is 16.2. The molecule has 7 nitrogen and oxygen atoms in total. The number of amides is 1. The minimum Gasteiger partial charge on any atom is -0.348 e. The van der Waals surface area contributed by atoms with E-state index in [2.05, 4.69) is 27.2 Å². The quantitative estimate of drug-likeness (QED) is 0.696. The SMILES string of the molecule is Cc1ccc2c(C(=O)NCc3c(C)cc(C)[nH]c3=O)c(C)c(C(C)N(C)C)n2n1. The second-order valence-electron chi connectivity index (χ2n) is 7.92. The number of aryl methyl sites for hydroxylation is 3. The van der Waals surface area contributed by atoms with Crippen molar-refractivity contribution < 1.29 is 4.79 Å². The molecule has 0 radical (unpaired) electrons. The van der Waals surface area contributed by atoms with E-state index >= 15 is 0 Å². The molecule has 0 aromatic carbocycles. The topological polar surface area (TPSA) is 82.5 Å². The highest BCUT2D eigenvalue weighted by Crippen LogP contribution is 2.29. The molecule has 1 unspecified atom stereocenters. The third-order valence-electron chi connectivity index (χ3n) is 5.53. The van der Waals surface area contributed by atoms with Crippen LogP contribution in [0, 0.1) is 27.7 Å². The maximum absolute atomic E-state index is 13.2. The van der Waals surface area contributed by atoms with Crippen molar-refractivity contribution in [3.05, 3.63) is 67.9 Å². The fourth-order valence-electron chi connectivity index (χ4n) is 3.75. The number of nitrogens with one attached hydrogen (secondary N) is 2. The van der Waals surface area contributed by atoms with Crippen LogP contribution in [-0.2, 0) is 6.54 Å². The summed E-state index contributed by atoms with van der Waals surface area (Å²) in [7, 11) is 4.01. The first-order chi connectivity index (χ1) is 13.6. The van der Waals surface area contributed by atoms with Crippen LogP contribution in [0.4, 0.5) is 0 Å². The van der Waals surface area contributed by atoms with Gasteiger partial charge in [0, 0.05) is 23.8 Å². The van der Waals surface area contributed by atoms with E-state index in [4.69, 9.17) is 0 Å². The van der Waals surface area contributed by atoms with Crippen LogP contribution in [0.25, 0.3) is 5.52 Å². The number of hydrogen-bond acceptors (Lipinski definition) is 4. The first-order valence-corrected chi connectivity index (χ1v) is 9.74. The standard InChI is InChI=1S/C22H29N5O2/c1-12-10-14(3)24-21(28)17(12)11-23-22(29)19-15(4)20(16(5)26(6)7)27-18(19)9-8-13(2)25-27/h8-10,16H,11H2,1-7H3,(H,23,29)(H,24,28). The first-order valence-electron chi connectivity index (χ1n) is 9.74. The van der Waals surface area contributed by atoms with Crippen LogP contribution in [-0.4, -0.2) is 39.5 Å². The molecule has 0 aliphatic rings. The van der Waals surface area contributed by atoms with Gasteiger partial charge in [0.25, 0.3) is 11.5 Å². The monoisotopic (exact) mass is 395 g/mol. The molecule has 0 saturated carbocycles. The lowest BCUT2D eigenvalue weighted by Crippen LogP contribution is -2.28. The Morgan fingerprint density at radius 1 is 1.24 bits per heavy atom. The Morgan fingerprint density at radius 3 is 2.55 bits per heavy atom. The molecule has 3 aromatic rings. The van der Waals surface area contributed by atoms with Gasteiger partial charge in [-0.15, -0.1) is 0 Å². The molecule has 0 aliphatic carbocycles. The van der Waals surface area contributed by atoms with Crippen molar-refractivity contribution in [1.29, 1.82) is 0 Å². The number of hydrogen-bond donors (Lipinski definition) is 2. The van der Waals surface area contributed by atoms with E-state index in [0.29, 0.717) is 11.1 Å². The summed E-state index contributed by atoms with van der Waals surface area (Å²) in [6, 6.07) is 5.83. The fraction of sp³-hybridized carbons (Fsp3) is 0.409. The summed E-state index contributed by atoms with van der Waals surface area (Å²) < 4.78 is 1.87. The van der Waals surface area contributed by atoms with E-state index in [-0.39, 0.29) is 24.1 Å². The summed E-state index contributed by atoms with van der Waals surface area (Å²) >= 11 is 0. The van der Waals surface area contributed by atoms with Gasteiger partial charge in [-0.3, -0.25) is 9.59 Å². The van der Waals surface area contributed by atoms with Crippen molar-refractivity contribution in [3.8, 4) is 0 Å². The number of carbonyl (C=O) groups excluding carboxylic acids is 1. The van der Waals surface area contributed by atoms with Crippen molar-refractivity contribution in [3.63, 3.8) is 0 Å². The number of pyridine rings is 1. The number of H-pyrrole nitrogens is 1. The number of fused-ring (bicyclic) bond motifs is 1. The van der Waals surface area contributed by atoms with Crippen LogP contribution < -0.4 is 10.9 Å². The Morgan fingerprint density at radius 2 is 1.93 bits per heavy atom. The van der Waals surface area contributed by atoms with Crippen molar-refractivity contribution in [2.45, 2.75) is 47.2 Å². The van der Waals surface area contributed by atoms with E-state index in [1.54, 1.807) is 0 Å². The van der Waals surface area contributed by atoms with Crippen LogP contribution in [0.1, 0.15) is 57.1 Å². The average molecular weight is 396 g/mol. The number of nitrogens with zero attached hydrogens (tertiary/aromatic N) is 3. The lowest BCUT2D eigenvalue weighted by molar-refractivity contribution is 0.0952. The number of carbonyl (C=O) groups is 1. The van der Waals surface area contributed by atoms with Gasteiger partial charge in [0.2, 0.25) is 0 Å². The van der Waals surface area contributed by atoms with Gasteiger partial charge in [-0.2, -0.15) is 5.10 Å². The van der Waals surface area contributed by atoms with Crippen molar-refractivity contribution in [1.82, 2.24) is 24.8 Å². The van der Waals surface area contributed by atoms with Gasteiger partial charge in [0.15, 0.2) is 0 Å². The molecule has 3 rings (SSSR count). The highest BCUT2D eigenvalue weighted by molar-refractivity contribution is 6.03. The molecule has 29 heavy (non-hydrogen) atoms. The smallest absolute Gasteiger partial charge is 0.254 e. The van der Waals surface area contributed by atoms with Crippen LogP contribution >= 0.6 is 0 Å². The van der Waals surface area contributed by atoms with E-state index in [9.17, 15) is 9.59 Å². The van der Waals surface area contributed by atoms with Crippen molar-refractivity contribution in [2.75, 3.05) is 14.1 Å². The number of rotatable bonds is 5. The zero-order valence-corrected chi connectivity index (χ0v) is 18.2. The summed E-state index contributed by atoms with van der Waals surface area (Å²) in [4.78, 5) is 30.3. The predicted octanol–water partition coefficient (Wildman–Crippen LogP) is 2.81. The van der Waals surface area contributed by atoms with Crippen molar-refractivity contribution >= 4 is 11.4 Å². The van der Waals surface area contributed by atoms with Crippen LogP contribution in [0.2, 0.25) is 0 Å². The lowest BCUT2D eigenvalue weighted by Gasteiger charge is -2.20. The molecule has 154 valence electrons. The molecule has 1 atom stereocenters. The molecule has 0 bridgehead atoms. The maximum atomic E-state index is 13.2. The minimum atomic E-state index is -0.206. The van der Waals surface area contributed by atoms with Crippen LogP contribution in [0.3, 0.4) is 0 Å². The van der Waals surface area contributed by atoms with Gasteiger partial charge < -0.3 is 15.2 Å². The van der Waals surface area contributed by atoms with Crippen molar-refractivity contribution in [2.24, 2.45) is 0 Å². The first kappa shape index (κ1) is 20.8. The summed E-state index contributed by atoms with van der Waals surface area (Å²) in [5.41, 5.74) is 6.21. The molecule has 7 heteroatoms. The van der Waals surface area contributed by atoms with Gasteiger partial charge in [0.05, 0.1) is 22.5 Å². The highest BCUT2D eigenvalue weighted by Gasteiger charge is 2.25. The second-order valence-corrected chi connectivity index (χ2v) is 7.92. The largest absolute Gasteiger partial charge is 0.348 e. The van der Waals surface area contributed by atoms with Gasteiger partial charge in [-0.05, 0) is 78.0 Å². The maximum Gasteiger partial charge on any atom is 0.254 e. The molecule has 3 aromatic heterocycles.